The van der Waals surface area contributed by atoms with E-state index in [0.717, 1.165) is 6.20 Å². The monoisotopic (exact) mass is 290 g/mol. The van der Waals surface area contributed by atoms with Gasteiger partial charge in [0.2, 0.25) is 5.28 Å². The zero-order valence-corrected chi connectivity index (χ0v) is 10.9. The van der Waals surface area contributed by atoms with Crippen LogP contribution in [0.15, 0.2) is 41.5 Å². The van der Waals surface area contributed by atoms with E-state index in [0.29, 0.717) is 11.1 Å². The van der Waals surface area contributed by atoms with Gasteiger partial charge >= 0.3 is 0 Å². The maximum atomic E-state index is 13.7. The van der Waals surface area contributed by atoms with Gasteiger partial charge in [-0.05, 0) is 17.7 Å². The van der Waals surface area contributed by atoms with Crippen LogP contribution in [-0.4, -0.2) is 19.5 Å². The van der Waals surface area contributed by atoms with Gasteiger partial charge in [-0.1, -0.05) is 18.2 Å². The predicted octanol–water partition coefficient (Wildman–Crippen LogP) is 2.03. The summed E-state index contributed by atoms with van der Waals surface area (Å²) >= 11 is 5.74. The maximum Gasteiger partial charge on any atom is 0.270 e. The van der Waals surface area contributed by atoms with Crippen LogP contribution in [0.2, 0.25) is 5.28 Å². The van der Waals surface area contributed by atoms with Gasteiger partial charge in [-0.25, -0.2) is 14.4 Å². The molecular weight excluding hydrogens is 283 g/mol. The maximum absolute atomic E-state index is 13.7. The summed E-state index contributed by atoms with van der Waals surface area (Å²) in [5.41, 5.74) is 0.707. The Morgan fingerprint density at radius 2 is 2.00 bits per heavy atom. The molecule has 0 N–H and O–H groups in total. The minimum absolute atomic E-state index is 0.00665. The molecule has 0 saturated carbocycles. The fourth-order valence-corrected chi connectivity index (χ4v) is 2.01. The van der Waals surface area contributed by atoms with Crippen LogP contribution in [0.5, 0.6) is 0 Å². The number of hydrogen-bond donors (Lipinski definition) is 0. The van der Waals surface area contributed by atoms with E-state index in [4.69, 9.17) is 11.6 Å². The molecule has 3 rings (SSSR count). The Morgan fingerprint density at radius 3 is 2.80 bits per heavy atom. The van der Waals surface area contributed by atoms with Crippen molar-refractivity contribution in [2.24, 2.45) is 0 Å². The molecule has 0 aliphatic carbocycles. The number of halogens is 2. The third-order valence-electron chi connectivity index (χ3n) is 2.84. The van der Waals surface area contributed by atoms with Crippen LogP contribution >= 0.6 is 11.6 Å². The molecule has 0 aliphatic rings. The van der Waals surface area contributed by atoms with Crippen molar-refractivity contribution in [3.63, 3.8) is 0 Å². The van der Waals surface area contributed by atoms with Crippen molar-refractivity contribution in [3.05, 3.63) is 63.7 Å². The highest BCUT2D eigenvalue weighted by Crippen LogP contribution is 2.12. The van der Waals surface area contributed by atoms with Gasteiger partial charge in [-0.3, -0.25) is 9.36 Å². The summed E-state index contributed by atoms with van der Waals surface area (Å²) in [6.07, 6.45) is 2.57. The Bertz CT molecular complexity index is 849. The second-order valence-corrected chi connectivity index (χ2v) is 4.46. The lowest BCUT2D eigenvalue weighted by Crippen LogP contribution is -2.22. The van der Waals surface area contributed by atoms with Gasteiger partial charge in [0, 0.05) is 5.56 Å². The summed E-state index contributed by atoms with van der Waals surface area (Å²) in [4.78, 5) is 23.7. The van der Waals surface area contributed by atoms with Crippen LogP contribution in [0.3, 0.4) is 0 Å². The molecule has 2 heterocycles. The molecule has 0 aliphatic heterocycles. The first-order valence-corrected chi connectivity index (χ1v) is 6.14. The molecule has 0 spiro atoms. The number of hydrogen-bond acceptors (Lipinski definition) is 4. The topological polar surface area (TPSA) is 60.7 Å². The van der Waals surface area contributed by atoms with Crippen LogP contribution in [0.25, 0.3) is 11.2 Å². The Labute approximate surface area is 117 Å². The number of rotatable bonds is 2. The minimum Gasteiger partial charge on any atom is -0.285 e. The highest BCUT2D eigenvalue weighted by atomic mass is 35.5. The second-order valence-electron chi connectivity index (χ2n) is 4.12. The standard InChI is InChI=1S/C13H8ClFN4O/c14-13-17-5-10-12(18-13)19(11(20)6-16-10)7-8-3-1-2-4-9(8)15/h1-6H,7H2. The minimum atomic E-state index is -0.385. The quantitative estimate of drug-likeness (QED) is 0.678. The summed E-state index contributed by atoms with van der Waals surface area (Å²) in [6.45, 7) is 0.0534. The van der Waals surface area contributed by atoms with Crippen LogP contribution in [0.4, 0.5) is 4.39 Å². The van der Waals surface area contributed by atoms with Crippen molar-refractivity contribution >= 4 is 22.8 Å². The molecule has 2 aromatic heterocycles. The number of fused-ring (bicyclic) bond motifs is 1. The van der Waals surface area contributed by atoms with Crippen molar-refractivity contribution < 1.29 is 4.39 Å². The van der Waals surface area contributed by atoms with E-state index in [2.05, 4.69) is 15.0 Å². The average molecular weight is 291 g/mol. The summed E-state index contributed by atoms with van der Waals surface area (Å²) in [5, 5.41) is 0.00665. The number of aromatic nitrogens is 4. The van der Waals surface area contributed by atoms with E-state index in [1.807, 2.05) is 0 Å². The Hall–Kier alpha value is -2.34. The van der Waals surface area contributed by atoms with E-state index in [1.165, 1.54) is 16.8 Å². The van der Waals surface area contributed by atoms with Crippen LogP contribution in [-0.2, 0) is 6.54 Å². The molecule has 20 heavy (non-hydrogen) atoms. The smallest absolute Gasteiger partial charge is 0.270 e. The van der Waals surface area contributed by atoms with Gasteiger partial charge in [-0.15, -0.1) is 0 Å². The molecule has 0 amide bonds. The third kappa shape index (κ3) is 2.25. The number of nitrogens with zero attached hydrogens (tertiary/aromatic N) is 4. The molecular formula is C13H8ClFN4O. The largest absolute Gasteiger partial charge is 0.285 e. The average Bonchev–Trinajstić information content (AvgIpc) is 2.44. The first kappa shape index (κ1) is 12.7. The highest BCUT2D eigenvalue weighted by Gasteiger charge is 2.10. The van der Waals surface area contributed by atoms with Crippen molar-refractivity contribution in [2.75, 3.05) is 0 Å². The molecule has 0 fully saturated rings. The van der Waals surface area contributed by atoms with Gasteiger partial charge in [0.25, 0.3) is 5.56 Å². The van der Waals surface area contributed by atoms with E-state index >= 15 is 0 Å². The lowest BCUT2D eigenvalue weighted by Gasteiger charge is -2.09. The van der Waals surface area contributed by atoms with Crippen molar-refractivity contribution in [1.29, 1.82) is 0 Å². The first-order valence-electron chi connectivity index (χ1n) is 5.76. The summed E-state index contributed by atoms with van der Waals surface area (Å²) in [7, 11) is 0. The van der Waals surface area contributed by atoms with Crippen molar-refractivity contribution in [3.8, 4) is 0 Å². The van der Waals surface area contributed by atoms with E-state index < -0.39 is 0 Å². The van der Waals surface area contributed by atoms with E-state index in [1.54, 1.807) is 18.2 Å². The molecule has 100 valence electrons. The summed E-state index contributed by atoms with van der Waals surface area (Å²) < 4.78 is 15.0. The molecule has 0 bridgehead atoms. The molecule has 7 heteroatoms. The van der Waals surface area contributed by atoms with Gasteiger partial charge in [0.15, 0.2) is 5.65 Å². The fraction of sp³-hybridized carbons (Fsp3) is 0.0769. The van der Waals surface area contributed by atoms with Crippen molar-refractivity contribution in [2.45, 2.75) is 6.54 Å². The zero-order valence-electron chi connectivity index (χ0n) is 10.1. The van der Waals surface area contributed by atoms with Crippen LogP contribution in [0.1, 0.15) is 5.56 Å². The first-order chi connectivity index (χ1) is 9.65. The lowest BCUT2D eigenvalue weighted by molar-refractivity contribution is 0.598. The van der Waals surface area contributed by atoms with Crippen LogP contribution < -0.4 is 5.56 Å². The zero-order chi connectivity index (χ0) is 14.1. The van der Waals surface area contributed by atoms with E-state index in [9.17, 15) is 9.18 Å². The van der Waals surface area contributed by atoms with Gasteiger partial charge in [0.1, 0.15) is 11.3 Å². The SMILES string of the molecule is O=c1cnc2cnc(Cl)nc2n1Cc1ccccc1F. The Balaban J connectivity index is 2.20. The molecule has 0 unspecified atom stereocenters. The van der Waals surface area contributed by atoms with Gasteiger partial charge < -0.3 is 0 Å². The van der Waals surface area contributed by atoms with Gasteiger partial charge in [0.05, 0.1) is 18.9 Å². The highest BCUT2D eigenvalue weighted by molar-refractivity contribution is 6.28. The molecule has 5 nitrogen and oxygen atoms in total. The van der Waals surface area contributed by atoms with Gasteiger partial charge in [-0.2, -0.15) is 4.98 Å². The lowest BCUT2D eigenvalue weighted by atomic mass is 10.2. The molecule has 3 aromatic rings. The predicted molar refractivity (Wildman–Crippen MR) is 72.1 cm³/mol. The van der Waals surface area contributed by atoms with E-state index in [-0.39, 0.29) is 28.9 Å². The molecule has 0 saturated heterocycles. The third-order valence-corrected chi connectivity index (χ3v) is 3.02. The number of benzene rings is 1. The Morgan fingerprint density at radius 1 is 1.20 bits per heavy atom. The van der Waals surface area contributed by atoms with Crippen molar-refractivity contribution in [1.82, 2.24) is 19.5 Å². The summed E-state index contributed by atoms with van der Waals surface area (Å²) in [5.74, 6) is -0.385. The fourth-order valence-electron chi connectivity index (χ4n) is 1.88. The van der Waals surface area contributed by atoms with Crippen LogP contribution in [0, 0.1) is 5.82 Å². The molecule has 1 aromatic carbocycles. The second kappa shape index (κ2) is 4.97. The normalized spacial score (nSPS) is 10.9. The molecule has 0 atom stereocenters. The molecule has 0 radical (unpaired) electrons. The summed E-state index contributed by atoms with van der Waals surface area (Å²) in [6, 6.07) is 6.24. The Kier molecular flexibility index (Phi) is 3.15.